The largest absolute Gasteiger partial charge is 0.280 e. The van der Waals surface area contributed by atoms with E-state index in [2.05, 4.69) is 10.8 Å². The summed E-state index contributed by atoms with van der Waals surface area (Å²) in [6.07, 6.45) is 10.5. The Labute approximate surface area is 128 Å². The van der Waals surface area contributed by atoms with Gasteiger partial charge in [-0.3, -0.25) is 0 Å². The van der Waals surface area contributed by atoms with E-state index in [4.69, 9.17) is 0 Å². The summed E-state index contributed by atoms with van der Waals surface area (Å²) in [5, 5.41) is 9.58. The first-order valence-electron chi connectivity index (χ1n) is 8.28. The molecule has 21 heavy (non-hydrogen) atoms. The number of nitrogens with zero attached hydrogens (tertiary/aromatic N) is 2. The van der Waals surface area contributed by atoms with Gasteiger partial charge in [-0.2, -0.15) is 22.7 Å². The van der Waals surface area contributed by atoms with Crippen LogP contribution in [0.3, 0.4) is 0 Å². The maximum absolute atomic E-state index is 12.6. The maximum atomic E-state index is 12.6. The van der Waals surface area contributed by atoms with Gasteiger partial charge in [-0.05, 0) is 25.7 Å². The summed E-state index contributed by atoms with van der Waals surface area (Å²) in [5.74, 6) is 0. The predicted octanol–water partition coefficient (Wildman–Crippen LogP) is 2.70. The van der Waals surface area contributed by atoms with Crippen molar-refractivity contribution < 1.29 is 8.42 Å². The van der Waals surface area contributed by atoms with Crippen molar-refractivity contribution >= 4 is 10.2 Å². The number of nitriles is 1. The van der Waals surface area contributed by atoms with Gasteiger partial charge >= 0.3 is 0 Å². The summed E-state index contributed by atoms with van der Waals surface area (Å²) in [5.41, 5.74) is -0.897. The van der Waals surface area contributed by atoms with Gasteiger partial charge in [-0.15, -0.1) is 0 Å². The Morgan fingerprint density at radius 1 is 0.857 bits per heavy atom. The third kappa shape index (κ3) is 4.67. The summed E-state index contributed by atoms with van der Waals surface area (Å²) < 4.78 is 29.6. The lowest BCUT2D eigenvalue weighted by Gasteiger charge is -2.32. The zero-order chi connectivity index (χ0) is 15.2. The SMILES string of the molecule is N#CC1(NS(=O)(=O)N2CCCCCC2)CCCCCCC1. The molecular weight excluding hydrogens is 286 g/mol. The first kappa shape index (κ1) is 16.7. The molecule has 0 aromatic heterocycles. The second kappa shape index (κ2) is 7.57. The van der Waals surface area contributed by atoms with Gasteiger partial charge in [0.05, 0.1) is 6.07 Å². The van der Waals surface area contributed by atoms with Crippen LogP contribution in [0, 0.1) is 11.3 Å². The molecule has 1 heterocycles. The molecule has 0 aromatic rings. The van der Waals surface area contributed by atoms with Crippen LogP contribution in [0.2, 0.25) is 0 Å². The van der Waals surface area contributed by atoms with E-state index in [-0.39, 0.29) is 0 Å². The van der Waals surface area contributed by atoms with Crippen molar-refractivity contribution in [1.29, 1.82) is 5.26 Å². The molecule has 0 spiro atoms. The fourth-order valence-corrected chi connectivity index (χ4v) is 4.95. The Hall–Kier alpha value is -0.640. The molecule has 0 unspecified atom stereocenters. The van der Waals surface area contributed by atoms with Gasteiger partial charge in [0, 0.05) is 13.1 Å². The molecular formula is C15H27N3O2S. The average molecular weight is 313 g/mol. The topological polar surface area (TPSA) is 73.2 Å². The molecule has 2 fully saturated rings. The normalized spacial score (nSPS) is 25.3. The fraction of sp³-hybridized carbons (Fsp3) is 0.933. The van der Waals surface area contributed by atoms with Crippen molar-refractivity contribution in [2.24, 2.45) is 0 Å². The Balaban J connectivity index is 2.09. The Morgan fingerprint density at radius 2 is 1.33 bits per heavy atom. The standard InChI is InChI=1S/C15H27N3O2S/c16-14-15(10-6-2-1-3-7-11-15)17-21(19,20)18-12-8-4-5-9-13-18/h17H,1-13H2. The lowest BCUT2D eigenvalue weighted by molar-refractivity contribution is 0.338. The van der Waals surface area contributed by atoms with E-state index in [9.17, 15) is 13.7 Å². The minimum absolute atomic E-state index is 0.580. The number of nitrogens with one attached hydrogen (secondary N) is 1. The predicted molar refractivity (Wildman–Crippen MR) is 82.8 cm³/mol. The van der Waals surface area contributed by atoms with Gasteiger partial charge in [0.2, 0.25) is 0 Å². The fourth-order valence-electron chi connectivity index (χ4n) is 3.34. The Morgan fingerprint density at radius 3 is 1.86 bits per heavy atom. The quantitative estimate of drug-likeness (QED) is 0.870. The smallest absolute Gasteiger partial charge is 0.196 e. The minimum Gasteiger partial charge on any atom is -0.196 e. The minimum atomic E-state index is -3.54. The van der Waals surface area contributed by atoms with Crippen molar-refractivity contribution in [2.45, 2.75) is 76.2 Å². The van der Waals surface area contributed by atoms with Crippen molar-refractivity contribution in [3.63, 3.8) is 0 Å². The molecule has 1 aliphatic carbocycles. The van der Waals surface area contributed by atoms with E-state index in [0.717, 1.165) is 51.4 Å². The second-order valence-electron chi connectivity index (χ2n) is 6.38. The number of hydrogen-bond donors (Lipinski definition) is 1. The molecule has 120 valence electrons. The van der Waals surface area contributed by atoms with Crippen molar-refractivity contribution in [3.8, 4) is 6.07 Å². The second-order valence-corrected chi connectivity index (χ2v) is 8.05. The number of rotatable bonds is 3. The molecule has 0 amide bonds. The van der Waals surface area contributed by atoms with Crippen LogP contribution < -0.4 is 4.72 Å². The highest BCUT2D eigenvalue weighted by atomic mass is 32.2. The van der Waals surface area contributed by atoms with Crippen molar-refractivity contribution in [3.05, 3.63) is 0 Å². The summed E-state index contributed by atoms with van der Waals surface area (Å²) >= 11 is 0. The van der Waals surface area contributed by atoms with Crippen LogP contribution in [-0.2, 0) is 10.2 Å². The molecule has 0 aromatic carbocycles. The van der Waals surface area contributed by atoms with Crippen LogP contribution in [0.25, 0.3) is 0 Å². The summed E-state index contributed by atoms with van der Waals surface area (Å²) in [7, 11) is -3.54. The lowest BCUT2D eigenvalue weighted by Crippen LogP contribution is -2.53. The Bertz CT molecular complexity index is 454. The third-order valence-electron chi connectivity index (χ3n) is 4.65. The Kier molecular flexibility index (Phi) is 6.03. The van der Waals surface area contributed by atoms with E-state index < -0.39 is 15.7 Å². The first-order valence-corrected chi connectivity index (χ1v) is 9.72. The molecule has 1 saturated heterocycles. The van der Waals surface area contributed by atoms with Crippen LogP contribution in [0.1, 0.15) is 70.6 Å². The zero-order valence-electron chi connectivity index (χ0n) is 12.8. The van der Waals surface area contributed by atoms with E-state index in [0.29, 0.717) is 25.9 Å². The molecule has 2 aliphatic rings. The molecule has 0 bridgehead atoms. The van der Waals surface area contributed by atoms with Crippen molar-refractivity contribution in [2.75, 3.05) is 13.1 Å². The highest BCUT2D eigenvalue weighted by Crippen LogP contribution is 2.27. The van der Waals surface area contributed by atoms with Crippen molar-refractivity contribution in [1.82, 2.24) is 9.03 Å². The van der Waals surface area contributed by atoms with Crippen LogP contribution >= 0.6 is 0 Å². The van der Waals surface area contributed by atoms with Crippen LogP contribution in [-0.4, -0.2) is 31.4 Å². The first-order chi connectivity index (χ1) is 10.1. The summed E-state index contributed by atoms with van der Waals surface area (Å²) in [6.45, 7) is 1.16. The van der Waals surface area contributed by atoms with Gasteiger partial charge < -0.3 is 0 Å². The molecule has 5 nitrogen and oxygen atoms in total. The van der Waals surface area contributed by atoms with E-state index in [1.807, 2.05) is 0 Å². The molecule has 6 heteroatoms. The highest BCUT2D eigenvalue weighted by molar-refractivity contribution is 7.87. The molecule has 2 rings (SSSR count). The van der Waals surface area contributed by atoms with Gasteiger partial charge in [-0.1, -0.05) is 44.9 Å². The molecule has 1 N–H and O–H groups in total. The van der Waals surface area contributed by atoms with Gasteiger partial charge in [-0.25, -0.2) is 0 Å². The number of hydrogen-bond acceptors (Lipinski definition) is 3. The van der Waals surface area contributed by atoms with E-state index in [1.165, 1.54) is 10.7 Å². The maximum Gasteiger partial charge on any atom is 0.280 e. The summed E-state index contributed by atoms with van der Waals surface area (Å²) in [6, 6.07) is 2.28. The van der Waals surface area contributed by atoms with Gasteiger partial charge in [0.25, 0.3) is 10.2 Å². The third-order valence-corrected chi connectivity index (χ3v) is 6.34. The lowest BCUT2D eigenvalue weighted by atomic mass is 9.86. The van der Waals surface area contributed by atoms with Gasteiger partial charge in [0.15, 0.2) is 0 Å². The van der Waals surface area contributed by atoms with E-state index >= 15 is 0 Å². The average Bonchev–Trinajstić information content (AvgIpc) is 2.71. The van der Waals surface area contributed by atoms with Crippen LogP contribution in [0.15, 0.2) is 0 Å². The molecule has 0 radical (unpaired) electrons. The highest BCUT2D eigenvalue weighted by Gasteiger charge is 2.37. The molecule has 1 aliphatic heterocycles. The monoisotopic (exact) mass is 313 g/mol. The van der Waals surface area contributed by atoms with E-state index in [1.54, 1.807) is 0 Å². The van der Waals surface area contributed by atoms with Crippen LogP contribution in [0.5, 0.6) is 0 Å². The molecule has 0 atom stereocenters. The zero-order valence-corrected chi connectivity index (χ0v) is 13.6. The molecule has 1 saturated carbocycles. The van der Waals surface area contributed by atoms with Gasteiger partial charge in [0.1, 0.15) is 5.54 Å². The summed E-state index contributed by atoms with van der Waals surface area (Å²) in [4.78, 5) is 0. The van der Waals surface area contributed by atoms with Crippen LogP contribution in [0.4, 0.5) is 0 Å².